The van der Waals surface area contributed by atoms with E-state index in [1.807, 2.05) is 38.1 Å². The SMILES string of the molecule is COc1ccc(-c2[nH]ncc2C2SCC(=O)Nc3c2c(=O)[nH]n3C(C)C)cc1. The first-order chi connectivity index (χ1) is 13.5. The molecule has 0 fully saturated rings. The van der Waals surface area contributed by atoms with Gasteiger partial charge in [-0.15, -0.1) is 11.8 Å². The fourth-order valence-electron chi connectivity index (χ4n) is 3.36. The zero-order valence-corrected chi connectivity index (χ0v) is 16.6. The molecule has 0 aliphatic carbocycles. The van der Waals surface area contributed by atoms with Gasteiger partial charge in [0.2, 0.25) is 5.91 Å². The van der Waals surface area contributed by atoms with E-state index in [9.17, 15) is 9.59 Å². The number of methoxy groups -OCH3 is 1. The molecule has 1 aliphatic heterocycles. The molecule has 2 aromatic heterocycles. The highest BCUT2D eigenvalue weighted by Crippen LogP contribution is 2.43. The van der Waals surface area contributed by atoms with Crippen molar-refractivity contribution in [3.63, 3.8) is 0 Å². The van der Waals surface area contributed by atoms with E-state index in [0.717, 1.165) is 22.6 Å². The van der Waals surface area contributed by atoms with Gasteiger partial charge in [0, 0.05) is 17.2 Å². The number of anilines is 1. The van der Waals surface area contributed by atoms with Crippen LogP contribution in [0.1, 0.15) is 36.3 Å². The average molecular weight is 399 g/mol. The molecular weight excluding hydrogens is 378 g/mol. The van der Waals surface area contributed by atoms with Crippen molar-refractivity contribution in [1.82, 2.24) is 20.0 Å². The first kappa shape index (κ1) is 18.4. The normalized spacial score (nSPS) is 16.6. The summed E-state index contributed by atoms with van der Waals surface area (Å²) in [6.07, 6.45) is 1.73. The Balaban J connectivity index is 1.84. The molecule has 0 saturated carbocycles. The summed E-state index contributed by atoms with van der Waals surface area (Å²) in [5.41, 5.74) is 2.95. The maximum atomic E-state index is 12.8. The summed E-state index contributed by atoms with van der Waals surface area (Å²) in [5, 5.41) is 12.7. The van der Waals surface area contributed by atoms with E-state index in [-0.39, 0.29) is 28.5 Å². The van der Waals surface area contributed by atoms with E-state index in [2.05, 4.69) is 20.6 Å². The molecule has 0 bridgehead atoms. The number of carbonyl (C=O) groups excluding carboxylic acids is 1. The van der Waals surface area contributed by atoms with E-state index in [4.69, 9.17) is 4.74 Å². The molecule has 4 rings (SSSR count). The Morgan fingerprint density at radius 1 is 1.25 bits per heavy atom. The number of rotatable bonds is 4. The van der Waals surface area contributed by atoms with Crippen LogP contribution in [0.25, 0.3) is 11.3 Å². The Morgan fingerprint density at radius 2 is 2.00 bits per heavy atom. The predicted molar refractivity (Wildman–Crippen MR) is 109 cm³/mol. The van der Waals surface area contributed by atoms with Gasteiger partial charge in [0.05, 0.1) is 35.6 Å². The van der Waals surface area contributed by atoms with Crippen LogP contribution in [0.5, 0.6) is 5.75 Å². The first-order valence-corrected chi connectivity index (χ1v) is 9.98. The highest BCUT2D eigenvalue weighted by Gasteiger charge is 2.33. The van der Waals surface area contributed by atoms with Gasteiger partial charge < -0.3 is 10.1 Å². The molecule has 8 nitrogen and oxygen atoms in total. The molecular formula is C19H21N5O3S. The zero-order valence-electron chi connectivity index (χ0n) is 15.8. The molecule has 1 amide bonds. The van der Waals surface area contributed by atoms with Gasteiger partial charge in [-0.1, -0.05) is 0 Å². The molecule has 3 aromatic rings. The fourth-order valence-corrected chi connectivity index (χ4v) is 4.49. The number of ether oxygens (including phenoxy) is 1. The Hall–Kier alpha value is -2.94. The molecule has 0 radical (unpaired) electrons. The van der Waals surface area contributed by atoms with Crippen LogP contribution in [0.15, 0.2) is 35.3 Å². The lowest BCUT2D eigenvalue weighted by Crippen LogP contribution is -2.17. The molecule has 0 spiro atoms. The maximum Gasteiger partial charge on any atom is 0.270 e. The van der Waals surface area contributed by atoms with Crippen LogP contribution < -0.4 is 15.6 Å². The van der Waals surface area contributed by atoms with Crippen LogP contribution in [-0.2, 0) is 4.79 Å². The lowest BCUT2D eigenvalue weighted by molar-refractivity contribution is -0.113. The van der Waals surface area contributed by atoms with E-state index in [1.54, 1.807) is 18.0 Å². The molecule has 28 heavy (non-hydrogen) atoms. The number of aromatic amines is 2. The molecule has 1 aliphatic rings. The van der Waals surface area contributed by atoms with Gasteiger partial charge in [-0.3, -0.25) is 24.5 Å². The van der Waals surface area contributed by atoms with Crippen LogP contribution in [0.4, 0.5) is 5.82 Å². The highest BCUT2D eigenvalue weighted by molar-refractivity contribution is 8.00. The number of nitrogens with one attached hydrogen (secondary N) is 3. The van der Waals surface area contributed by atoms with Gasteiger partial charge in [-0.2, -0.15) is 5.10 Å². The van der Waals surface area contributed by atoms with E-state index in [0.29, 0.717) is 11.4 Å². The van der Waals surface area contributed by atoms with Crippen molar-refractivity contribution in [2.24, 2.45) is 0 Å². The van der Waals surface area contributed by atoms with Gasteiger partial charge in [-0.05, 0) is 38.1 Å². The number of H-pyrrole nitrogens is 2. The smallest absolute Gasteiger partial charge is 0.270 e. The third-order valence-electron chi connectivity index (χ3n) is 4.71. The third-order valence-corrected chi connectivity index (χ3v) is 5.96. The number of fused-ring (bicyclic) bond motifs is 1. The van der Waals surface area contributed by atoms with Crippen molar-refractivity contribution < 1.29 is 9.53 Å². The lowest BCUT2D eigenvalue weighted by atomic mass is 10.0. The van der Waals surface area contributed by atoms with Crippen molar-refractivity contribution in [2.75, 3.05) is 18.2 Å². The van der Waals surface area contributed by atoms with Crippen molar-refractivity contribution in [1.29, 1.82) is 0 Å². The van der Waals surface area contributed by atoms with Crippen LogP contribution in [0.2, 0.25) is 0 Å². The maximum absolute atomic E-state index is 12.8. The van der Waals surface area contributed by atoms with Crippen LogP contribution in [-0.4, -0.2) is 38.7 Å². The third kappa shape index (κ3) is 3.11. The molecule has 3 N–H and O–H groups in total. The number of thioether (sulfide) groups is 1. The monoisotopic (exact) mass is 399 g/mol. The van der Waals surface area contributed by atoms with Gasteiger partial charge in [0.15, 0.2) is 0 Å². The van der Waals surface area contributed by atoms with Crippen molar-refractivity contribution >= 4 is 23.5 Å². The second kappa shape index (κ2) is 7.23. The van der Waals surface area contributed by atoms with Gasteiger partial charge >= 0.3 is 0 Å². The Morgan fingerprint density at radius 3 is 2.68 bits per heavy atom. The minimum atomic E-state index is -0.325. The lowest BCUT2D eigenvalue weighted by Gasteiger charge is -2.15. The number of aromatic nitrogens is 4. The quantitative estimate of drug-likeness (QED) is 0.626. The van der Waals surface area contributed by atoms with Gasteiger partial charge in [0.1, 0.15) is 11.6 Å². The van der Waals surface area contributed by atoms with Crippen LogP contribution in [0, 0.1) is 0 Å². The van der Waals surface area contributed by atoms with Gasteiger partial charge in [-0.25, -0.2) is 0 Å². The average Bonchev–Trinajstić information content (AvgIpc) is 3.24. The Kier molecular flexibility index (Phi) is 4.76. The summed E-state index contributed by atoms with van der Waals surface area (Å²) in [7, 11) is 1.62. The first-order valence-electron chi connectivity index (χ1n) is 8.93. The van der Waals surface area contributed by atoms with Crippen molar-refractivity contribution in [2.45, 2.75) is 25.1 Å². The molecule has 0 saturated heterocycles. The largest absolute Gasteiger partial charge is 0.497 e. The number of carbonyl (C=O) groups is 1. The zero-order chi connectivity index (χ0) is 19.8. The van der Waals surface area contributed by atoms with E-state index < -0.39 is 0 Å². The van der Waals surface area contributed by atoms with E-state index in [1.165, 1.54) is 11.8 Å². The highest BCUT2D eigenvalue weighted by atomic mass is 32.2. The van der Waals surface area contributed by atoms with Gasteiger partial charge in [0.25, 0.3) is 5.56 Å². The second-order valence-electron chi connectivity index (χ2n) is 6.84. The Bertz CT molecular complexity index is 1060. The Labute approximate surface area is 165 Å². The second-order valence-corrected chi connectivity index (χ2v) is 7.93. The molecule has 1 unspecified atom stereocenters. The van der Waals surface area contributed by atoms with Crippen molar-refractivity contribution in [3.8, 4) is 17.0 Å². The summed E-state index contributed by atoms with van der Waals surface area (Å²) in [6.45, 7) is 3.91. The molecule has 1 aromatic carbocycles. The summed E-state index contributed by atoms with van der Waals surface area (Å²) in [6, 6.07) is 7.62. The minimum absolute atomic E-state index is 0.00547. The summed E-state index contributed by atoms with van der Waals surface area (Å²) in [5.74, 6) is 1.42. The topological polar surface area (TPSA) is 105 Å². The standard InChI is InChI=1S/C19H21N5O3S/c1-10(2)24-18-15(19(26)23-24)17(28-9-14(25)21-18)13-8-20-22-16(13)11-4-6-12(27-3)7-5-11/h4-8,10,17H,9H2,1-3H3,(H,20,22)(H,21,25)(H,23,26). The predicted octanol–water partition coefficient (Wildman–Crippen LogP) is 2.93. The minimum Gasteiger partial charge on any atom is -0.497 e. The number of amides is 1. The van der Waals surface area contributed by atoms with Crippen molar-refractivity contribution in [3.05, 3.63) is 51.9 Å². The number of hydrogen-bond donors (Lipinski definition) is 3. The molecule has 146 valence electrons. The molecule has 1 atom stereocenters. The molecule has 9 heteroatoms. The number of benzene rings is 1. The van der Waals surface area contributed by atoms with E-state index >= 15 is 0 Å². The van der Waals surface area contributed by atoms with Crippen LogP contribution in [0.3, 0.4) is 0 Å². The summed E-state index contributed by atoms with van der Waals surface area (Å²) >= 11 is 1.42. The summed E-state index contributed by atoms with van der Waals surface area (Å²) < 4.78 is 6.93. The van der Waals surface area contributed by atoms with Crippen LogP contribution >= 0.6 is 11.8 Å². The number of hydrogen-bond acceptors (Lipinski definition) is 5. The summed E-state index contributed by atoms with van der Waals surface area (Å²) in [4.78, 5) is 25.1. The molecule has 3 heterocycles. The number of nitrogens with zero attached hydrogens (tertiary/aromatic N) is 2. The fraction of sp³-hybridized carbons (Fsp3) is 0.316.